The van der Waals surface area contributed by atoms with Crippen molar-refractivity contribution < 1.29 is 9.53 Å². The lowest BCUT2D eigenvalue weighted by Crippen LogP contribution is -2.37. The van der Waals surface area contributed by atoms with E-state index in [-0.39, 0.29) is 5.97 Å². The molecule has 5 nitrogen and oxygen atoms in total. The zero-order valence-corrected chi connectivity index (χ0v) is 11.3. The maximum atomic E-state index is 11.7. The molecule has 100 valence electrons. The Labute approximate surface area is 112 Å². The molecule has 1 heterocycles. The van der Waals surface area contributed by atoms with E-state index in [4.69, 9.17) is 10.5 Å². The lowest BCUT2D eigenvalue weighted by Gasteiger charge is -2.21. The minimum atomic E-state index is -0.833. The molecular formula is C14H17N3O2. The Morgan fingerprint density at radius 1 is 1.26 bits per heavy atom. The molecule has 19 heavy (non-hydrogen) atoms. The molecule has 0 atom stereocenters. The van der Waals surface area contributed by atoms with E-state index in [2.05, 4.69) is 5.10 Å². The van der Waals surface area contributed by atoms with Crippen molar-refractivity contribution in [2.45, 2.75) is 19.4 Å². The largest absolute Gasteiger partial charge is 0.467 e. The van der Waals surface area contributed by atoms with Gasteiger partial charge in [0.2, 0.25) is 0 Å². The summed E-state index contributed by atoms with van der Waals surface area (Å²) in [7, 11) is 1.37. The molecule has 0 aliphatic heterocycles. The summed E-state index contributed by atoms with van der Waals surface area (Å²) in [6.07, 6.45) is 3.54. The molecule has 0 bridgehead atoms. The van der Waals surface area contributed by atoms with Gasteiger partial charge in [0.05, 0.1) is 13.3 Å². The fraction of sp³-hybridized carbons (Fsp3) is 0.286. The van der Waals surface area contributed by atoms with E-state index in [9.17, 15) is 4.79 Å². The summed E-state index contributed by atoms with van der Waals surface area (Å²) in [5.41, 5.74) is 7.47. The quantitative estimate of drug-likeness (QED) is 0.676. The van der Waals surface area contributed by atoms with Gasteiger partial charge in [0.1, 0.15) is 0 Å². The highest BCUT2D eigenvalue weighted by atomic mass is 16.5. The number of benzene rings is 1. The fourth-order valence-corrected chi connectivity index (χ4v) is 1.80. The second-order valence-corrected chi connectivity index (χ2v) is 4.85. The highest BCUT2D eigenvalue weighted by molar-refractivity contribution is 5.78. The van der Waals surface area contributed by atoms with Gasteiger partial charge in [-0.3, -0.25) is 4.68 Å². The normalized spacial score (nSPS) is 11.3. The van der Waals surface area contributed by atoms with E-state index in [0.717, 1.165) is 11.1 Å². The molecular weight excluding hydrogens is 242 g/mol. The fourth-order valence-electron chi connectivity index (χ4n) is 1.80. The SMILES string of the molecule is COC(=O)C(C)(C)n1cc(-c2ccc(N)cc2)cn1. The Hall–Kier alpha value is -2.30. The molecule has 0 fully saturated rings. The van der Waals surface area contributed by atoms with E-state index < -0.39 is 5.54 Å². The molecule has 0 radical (unpaired) electrons. The third-order valence-electron chi connectivity index (χ3n) is 3.08. The first-order valence-electron chi connectivity index (χ1n) is 5.94. The van der Waals surface area contributed by atoms with Crippen LogP contribution < -0.4 is 5.73 Å². The number of methoxy groups -OCH3 is 1. The van der Waals surface area contributed by atoms with E-state index in [1.807, 2.05) is 30.5 Å². The van der Waals surface area contributed by atoms with Gasteiger partial charge in [-0.25, -0.2) is 4.79 Å². The van der Waals surface area contributed by atoms with Gasteiger partial charge < -0.3 is 10.5 Å². The number of aromatic nitrogens is 2. The number of nitrogen functional groups attached to an aromatic ring is 1. The number of carbonyl (C=O) groups excluding carboxylic acids is 1. The minimum Gasteiger partial charge on any atom is -0.467 e. The van der Waals surface area contributed by atoms with Crippen molar-refractivity contribution in [1.82, 2.24) is 9.78 Å². The van der Waals surface area contributed by atoms with Crippen molar-refractivity contribution in [3.05, 3.63) is 36.7 Å². The summed E-state index contributed by atoms with van der Waals surface area (Å²) in [5, 5.41) is 4.24. The summed E-state index contributed by atoms with van der Waals surface area (Å²) >= 11 is 0. The molecule has 2 N–H and O–H groups in total. The molecule has 1 aromatic heterocycles. The summed E-state index contributed by atoms with van der Waals surface area (Å²) in [5.74, 6) is -0.334. The van der Waals surface area contributed by atoms with Gasteiger partial charge in [0, 0.05) is 17.4 Å². The van der Waals surface area contributed by atoms with Crippen LogP contribution in [0.1, 0.15) is 13.8 Å². The second-order valence-electron chi connectivity index (χ2n) is 4.85. The number of rotatable bonds is 3. The summed E-state index contributed by atoms with van der Waals surface area (Å²) in [6, 6.07) is 7.50. The van der Waals surface area contributed by atoms with E-state index in [1.165, 1.54) is 7.11 Å². The second kappa shape index (κ2) is 4.76. The zero-order valence-electron chi connectivity index (χ0n) is 11.3. The van der Waals surface area contributed by atoms with E-state index >= 15 is 0 Å². The molecule has 0 aliphatic carbocycles. The summed E-state index contributed by atoms with van der Waals surface area (Å²) in [4.78, 5) is 11.7. The van der Waals surface area contributed by atoms with Gasteiger partial charge in [-0.2, -0.15) is 5.10 Å². The molecule has 0 spiro atoms. The van der Waals surface area contributed by atoms with Gasteiger partial charge >= 0.3 is 5.97 Å². The average molecular weight is 259 g/mol. The van der Waals surface area contributed by atoms with Gasteiger partial charge in [-0.15, -0.1) is 0 Å². The molecule has 1 aromatic carbocycles. The lowest BCUT2D eigenvalue weighted by atomic mass is 10.1. The number of nitrogens with two attached hydrogens (primary N) is 1. The molecule has 0 aliphatic rings. The number of esters is 1. The molecule has 5 heteroatoms. The van der Waals surface area contributed by atoms with Gasteiger partial charge in [0.15, 0.2) is 5.54 Å². The first-order chi connectivity index (χ1) is 8.95. The Balaban J connectivity index is 2.34. The predicted octanol–water partition coefficient (Wildman–Crippen LogP) is 2.04. The van der Waals surface area contributed by atoms with Crippen molar-refractivity contribution in [3.63, 3.8) is 0 Å². The molecule has 0 saturated carbocycles. The van der Waals surface area contributed by atoms with E-state index in [1.54, 1.807) is 24.7 Å². The van der Waals surface area contributed by atoms with Crippen LogP contribution in [0.5, 0.6) is 0 Å². The Morgan fingerprint density at radius 3 is 2.47 bits per heavy atom. The number of ether oxygens (including phenoxy) is 1. The molecule has 0 saturated heterocycles. The first kappa shape index (κ1) is 13.1. The van der Waals surface area contributed by atoms with Crippen LogP contribution in [0.3, 0.4) is 0 Å². The standard InChI is InChI=1S/C14H17N3O2/c1-14(2,13(18)19-3)17-9-11(8-16-17)10-4-6-12(15)7-5-10/h4-9H,15H2,1-3H3. The zero-order chi connectivity index (χ0) is 14.0. The third-order valence-corrected chi connectivity index (χ3v) is 3.08. The number of hydrogen-bond donors (Lipinski definition) is 1. The summed E-state index contributed by atoms with van der Waals surface area (Å²) < 4.78 is 6.39. The van der Waals surface area contributed by atoms with Gasteiger partial charge in [0.25, 0.3) is 0 Å². The lowest BCUT2D eigenvalue weighted by molar-refractivity contribution is -0.150. The highest BCUT2D eigenvalue weighted by Crippen LogP contribution is 2.23. The number of anilines is 1. The van der Waals surface area contributed by atoms with Crippen molar-refractivity contribution in [3.8, 4) is 11.1 Å². The van der Waals surface area contributed by atoms with Crippen molar-refractivity contribution in [2.24, 2.45) is 0 Å². The number of nitrogens with zero attached hydrogens (tertiary/aromatic N) is 2. The molecule has 0 unspecified atom stereocenters. The highest BCUT2D eigenvalue weighted by Gasteiger charge is 2.31. The molecule has 2 rings (SSSR count). The average Bonchev–Trinajstić information content (AvgIpc) is 2.88. The topological polar surface area (TPSA) is 70.1 Å². The van der Waals surface area contributed by atoms with Gasteiger partial charge in [-0.05, 0) is 31.5 Å². The smallest absolute Gasteiger partial charge is 0.333 e. The van der Waals surface area contributed by atoms with Crippen LogP contribution in [0, 0.1) is 0 Å². The molecule has 0 amide bonds. The van der Waals surface area contributed by atoms with Crippen LogP contribution in [0.4, 0.5) is 5.69 Å². The van der Waals surface area contributed by atoms with Crippen LogP contribution in [0.15, 0.2) is 36.7 Å². The van der Waals surface area contributed by atoms with Gasteiger partial charge in [-0.1, -0.05) is 12.1 Å². The van der Waals surface area contributed by atoms with Crippen LogP contribution in [0.25, 0.3) is 11.1 Å². The third kappa shape index (κ3) is 2.45. The monoisotopic (exact) mass is 259 g/mol. The van der Waals surface area contributed by atoms with Crippen LogP contribution >= 0.6 is 0 Å². The maximum Gasteiger partial charge on any atom is 0.333 e. The Morgan fingerprint density at radius 2 is 1.89 bits per heavy atom. The van der Waals surface area contributed by atoms with Crippen molar-refractivity contribution in [2.75, 3.05) is 12.8 Å². The number of hydrogen-bond acceptors (Lipinski definition) is 4. The van der Waals surface area contributed by atoms with Crippen LogP contribution in [-0.4, -0.2) is 22.9 Å². The first-order valence-corrected chi connectivity index (χ1v) is 5.94. The summed E-state index contributed by atoms with van der Waals surface area (Å²) in [6.45, 7) is 3.52. The minimum absolute atomic E-state index is 0.334. The van der Waals surface area contributed by atoms with E-state index in [0.29, 0.717) is 5.69 Å². The van der Waals surface area contributed by atoms with Crippen molar-refractivity contribution in [1.29, 1.82) is 0 Å². The Kier molecular flexibility index (Phi) is 3.29. The molecule has 2 aromatic rings. The van der Waals surface area contributed by atoms with Crippen molar-refractivity contribution >= 4 is 11.7 Å². The Bertz CT molecular complexity index is 585. The predicted molar refractivity (Wildman–Crippen MR) is 73.4 cm³/mol. The number of carbonyl (C=O) groups is 1. The van der Waals surface area contributed by atoms with Crippen LogP contribution in [-0.2, 0) is 15.1 Å². The maximum absolute atomic E-state index is 11.7. The van der Waals surface area contributed by atoms with Crippen LogP contribution in [0.2, 0.25) is 0 Å².